The molecule has 0 saturated carbocycles. The van der Waals surface area contributed by atoms with Crippen molar-refractivity contribution in [3.63, 3.8) is 0 Å². The second-order valence-corrected chi connectivity index (χ2v) is 34.0. The van der Waals surface area contributed by atoms with Crippen molar-refractivity contribution in [1.82, 2.24) is 9.97 Å². The molecule has 2 aromatic heterocycles. The van der Waals surface area contributed by atoms with Gasteiger partial charge in [0.15, 0.2) is 0 Å². The predicted molar refractivity (Wildman–Crippen MR) is 396 cm³/mol. The van der Waals surface area contributed by atoms with Gasteiger partial charge in [0.05, 0.1) is 8.95 Å². The van der Waals surface area contributed by atoms with Gasteiger partial charge in [-0.1, -0.05) is 83.8 Å². The molecule has 8 aromatic rings. The Bertz CT molecular complexity index is 3740. The van der Waals surface area contributed by atoms with Crippen molar-refractivity contribution < 1.29 is 59.2 Å². The molecule has 0 atom stereocenters. The molecule has 94 heavy (non-hydrogen) atoms. The van der Waals surface area contributed by atoms with Gasteiger partial charge in [-0.2, -0.15) is 22.8 Å². The van der Waals surface area contributed by atoms with Crippen LogP contribution >= 0.6 is 86.9 Å². The number of phenolic OH excluding ortho intramolecular Hbond substituents is 2. The molecular weight excluding hydrogens is 1650 g/mol. The van der Waals surface area contributed by atoms with E-state index >= 15 is 0 Å². The van der Waals surface area contributed by atoms with Crippen LogP contribution in [0.3, 0.4) is 0 Å². The summed E-state index contributed by atoms with van der Waals surface area (Å²) in [6.45, 7) is 24.9. The van der Waals surface area contributed by atoms with Crippen LogP contribution in [-0.2, 0) is 93.4 Å². The number of hydrogen-bond donors (Lipinski definition) is 2. The number of nitrogens with zero attached hydrogens (tertiary/aromatic N) is 4. The number of hydrogen-bond acceptors (Lipinski definition) is 4. The number of fused-ring (bicyclic) bond motifs is 4. The van der Waals surface area contributed by atoms with Gasteiger partial charge in [0, 0.05) is 20.1 Å². The molecule has 0 radical (unpaired) electrons. The van der Waals surface area contributed by atoms with Crippen molar-refractivity contribution in [3.8, 4) is 33.8 Å². The molecule has 0 amide bonds. The Labute approximate surface area is 616 Å². The maximum absolute atomic E-state index is 12.7. The topological polar surface area (TPSA) is 93.4 Å². The third kappa shape index (κ3) is 22.0. The first-order chi connectivity index (χ1) is 44.3. The van der Waals surface area contributed by atoms with Crippen LogP contribution < -0.4 is 9.97 Å². The summed E-state index contributed by atoms with van der Waals surface area (Å²) < 4.78 is 54.9. The van der Waals surface area contributed by atoms with E-state index in [1.807, 2.05) is 95.3 Å². The molecular formula is C77H87Br4Cl2F3Mo2N4O2-2. The van der Waals surface area contributed by atoms with Crippen LogP contribution in [0.15, 0.2) is 116 Å². The van der Waals surface area contributed by atoms with Gasteiger partial charge in [-0.15, -0.1) is 0 Å². The fraction of sp³-hybridized carbons (Fsp3) is 0.403. The molecule has 0 spiro atoms. The molecule has 4 aliphatic rings. The molecule has 0 saturated heterocycles. The summed E-state index contributed by atoms with van der Waals surface area (Å²) in [4.78, 5) is 8.22. The number of halogens is 9. The monoisotopic (exact) mass is 1740 g/mol. The van der Waals surface area contributed by atoms with Crippen molar-refractivity contribution >= 4 is 107 Å². The summed E-state index contributed by atoms with van der Waals surface area (Å²) in [6, 6.07) is 27.8. The molecule has 6 aromatic carbocycles. The number of aromatic hydroxyl groups is 2. The zero-order valence-electron chi connectivity index (χ0n) is 56.0. The SMILES string of the molecule is CC(C)(C)[CH]=[Mo]=[N]c1c(Cl)cccc1Cl.CC(C)(C)[CH]=[Mo]=[N]c1ccccc1C(F)(F)F.Cc1c(Br)cc2c(c1-c1c(O)c(Br)cc3c1CCCC3)CCCC2.Cc1c(Br)cc2c(c1-c1c(O)c(Br)cc3c1CCCC3)CCCC2.Cc1ccc(C)[n-]1.Cc1ccc(C)[n-]1. The quantitative estimate of drug-likeness (QED) is 0.172. The summed E-state index contributed by atoms with van der Waals surface area (Å²) in [6.07, 6.45) is 14.6. The van der Waals surface area contributed by atoms with Crippen LogP contribution in [0.5, 0.6) is 11.5 Å². The second kappa shape index (κ2) is 35.5. The van der Waals surface area contributed by atoms with Crippen molar-refractivity contribution in [2.45, 2.75) is 192 Å². The Morgan fingerprint density at radius 1 is 0.436 bits per heavy atom. The molecule has 17 heteroatoms. The van der Waals surface area contributed by atoms with Crippen molar-refractivity contribution in [2.24, 2.45) is 17.8 Å². The molecule has 0 unspecified atom stereocenters. The summed E-state index contributed by atoms with van der Waals surface area (Å²) >= 11 is 25.3. The third-order valence-corrected chi connectivity index (χ3v) is 25.3. The van der Waals surface area contributed by atoms with E-state index in [-0.39, 0.29) is 16.5 Å². The van der Waals surface area contributed by atoms with Crippen LogP contribution in [0.4, 0.5) is 24.5 Å². The van der Waals surface area contributed by atoms with E-state index in [0.717, 1.165) is 106 Å². The largest absolute Gasteiger partial charge is 0.665 e. The number of phenols is 2. The molecule has 2 N–H and O–H groups in total. The van der Waals surface area contributed by atoms with Gasteiger partial charge in [0.2, 0.25) is 0 Å². The maximum Gasteiger partial charge on any atom is 0.137 e. The molecule has 6 nitrogen and oxygen atoms in total. The summed E-state index contributed by atoms with van der Waals surface area (Å²) in [5.41, 5.74) is 23.5. The fourth-order valence-electron chi connectivity index (χ4n) is 11.9. The average Bonchev–Trinajstić information content (AvgIpc) is 0.823. The van der Waals surface area contributed by atoms with Gasteiger partial charge in [-0.05, 0) is 239 Å². The van der Waals surface area contributed by atoms with E-state index in [0.29, 0.717) is 21.5 Å². The van der Waals surface area contributed by atoms with E-state index in [4.69, 9.17) is 23.2 Å². The second-order valence-electron chi connectivity index (χ2n) is 26.7. The minimum Gasteiger partial charge on any atom is -0.665 e. The van der Waals surface area contributed by atoms with Gasteiger partial charge in [-0.3, -0.25) is 0 Å². The van der Waals surface area contributed by atoms with Crippen molar-refractivity contribution in [2.75, 3.05) is 0 Å². The van der Waals surface area contributed by atoms with Gasteiger partial charge in [0.25, 0.3) is 0 Å². The Kier molecular flexibility index (Phi) is 29.4. The van der Waals surface area contributed by atoms with E-state index in [1.165, 1.54) is 139 Å². The maximum atomic E-state index is 12.7. The first-order valence-corrected chi connectivity index (χ1v) is 40.2. The normalized spacial score (nSPS) is 13.8. The zero-order valence-corrected chi connectivity index (χ0v) is 67.9. The van der Waals surface area contributed by atoms with Gasteiger partial charge in [0.1, 0.15) is 11.5 Å². The van der Waals surface area contributed by atoms with Crippen LogP contribution in [0.1, 0.15) is 177 Å². The fourth-order valence-corrected chi connectivity index (χ4v) is 17.8. The van der Waals surface area contributed by atoms with E-state index in [2.05, 4.69) is 144 Å². The Balaban J connectivity index is 0.000000168. The minimum atomic E-state index is -4.32. The van der Waals surface area contributed by atoms with Crippen LogP contribution in [-0.4, -0.2) is 19.0 Å². The molecule has 4 aliphatic carbocycles. The summed E-state index contributed by atoms with van der Waals surface area (Å²) in [7, 11) is 0. The van der Waals surface area contributed by atoms with E-state index in [9.17, 15) is 23.4 Å². The summed E-state index contributed by atoms with van der Waals surface area (Å²) in [5.74, 6) is 0.842. The van der Waals surface area contributed by atoms with Gasteiger partial charge < -0.3 is 20.2 Å². The molecule has 12 rings (SSSR count). The molecule has 0 aliphatic heterocycles. The van der Waals surface area contributed by atoms with Crippen molar-refractivity contribution in [1.29, 1.82) is 0 Å². The minimum absolute atomic E-state index is 0.0128. The Morgan fingerprint density at radius 3 is 1.09 bits per heavy atom. The molecule has 2 heterocycles. The van der Waals surface area contributed by atoms with Crippen molar-refractivity contribution in [3.05, 3.63) is 203 Å². The summed E-state index contributed by atoms with van der Waals surface area (Å²) in [5, 5.41) is 23.2. The van der Waals surface area contributed by atoms with E-state index < -0.39 is 47.6 Å². The number of aryl methyl sites for hydroxylation is 8. The third-order valence-electron chi connectivity index (χ3n) is 16.4. The number of alkyl halides is 3. The molecule has 0 fully saturated rings. The number of benzene rings is 6. The number of aromatic nitrogens is 2. The van der Waals surface area contributed by atoms with E-state index in [1.54, 1.807) is 6.07 Å². The average molecular weight is 1740 g/mol. The smallest absolute Gasteiger partial charge is 0.137 e. The predicted octanol–water partition coefficient (Wildman–Crippen LogP) is 25.0. The molecule has 0 bridgehead atoms. The zero-order chi connectivity index (χ0) is 68.8. The standard InChI is InChI=1S/2C21H22Br2O.C7H4F3N.C6H3Cl2N.2C6H8N.2C5H10.2Mo/c2*1-12-17(22)10-13-6-2-4-8-15(13)19(12)20-16-9-5-3-7-14(16)11-18(23)21(20)24;8-7(9,10)5-3-1-2-4-6(5)11;7-4-2-1-3-5(8)6(4)9;2*1-5-3-4-6(2)7-5;2*1-5(2,3)4;;/h2*10-11,24H,2-9H2,1H3;1-4H;1-3H;2*3-4H,1-2H3;2*1H,2-4H3;;/q;;;;2*-1;;;;. The first-order valence-electron chi connectivity index (χ1n) is 32.2. The Hall–Kier alpha value is -3.51. The van der Waals surface area contributed by atoms with Crippen LogP contribution in [0.2, 0.25) is 10.0 Å². The number of rotatable bonds is 4. The Morgan fingerprint density at radius 2 is 0.755 bits per heavy atom. The van der Waals surface area contributed by atoms with Crippen LogP contribution in [0.25, 0.3) is 22.3 Å². The van der Waals surface area contributed by atoms with Gasteiger partial charge >= 0.3 is 216 Å². The molecule has 504 valence electrons. The first kappa shape index (κ1) is 77.8. The van der Waals surface area contributed by atoms with Crippen LogP contribution in [0, 0.1) is 52.4 Å². The van der Waals surface area contributed by atoms with Gasteiger partial charge in [-0.25, -0.2) is 0 Å².